The molecular weight excluding hydrogens is 168 g/mol. The van der Waals surface area contributed by atoms with Gasteiger partial charge >= 0.3 is 5.97 Å². The standard InChI is InChI=1S/C9H18N2O2/c1-11(2)9(8(12)13-3)5-4-6-10-7-9/h10H,4-7H2,1-3H3. The molecule has 1 N–H and O–H groups in total. The first kappa shape index (κ1) is 10.5. The van der Waals surface area contributed by atoms with E-state index in [1.54, 1.807) is 0 Å². The molecule has 76 valence electrons. The Morgan fingerprint density at radius 2 is 2.23 bits per heavy atom. The highest BCUT2D eigenvalue weighted by atomic mass is 16.5. The van der Waals surface area contributed by atoms with Gasteiger partial charge in [0.25, 0.3) is 0 Å². The molecule has 0 aliphatic carbocycles. The van der Waals surface area contributed by atoms with Crippen molar-refractivity contribution in [3.8, 4) is 0 Å². The van der Waals surface area contributed by atoms with Crippen LogP contribution in [0.3, 0.4) is 0 Å². The summed E-state index contributed by atoms with van der Waals surface area (Å²) < 4.78 is 4.83. The fourth-order valence-corrected chi connectivity index (χ4v) is 1.82. The molecule has 1 saturated heterocycles. The summed E-state index contributed by atoms with van der Waals surface area (Å²) in [7, 11) is 5.29. The first-order chi connectivity index (χ1) is 6.13. The van der Waals surface area contributed by atoms with E-state index in [-0.39, 0.29) is 5.97 Å². The van der Waals surface area contributed by atoms with E-state index in [2.05, 4.69) is 5.32 Å². The van der Waals surface area contributed by atoms with Crippen molar-refractivity contribution in [3.63, 3.8) is 0 Å². The van der Waals surface area contributed by atoms with Crippen molar-refractivity contribution >= 4 is 5.97 Å². The number of esters is 1. The van der Waals surface area contributed by atoms with Crippen molar-refractivity contribution in [3.05, 3.63) is 0 Å². The number of nitrogens with one attached hydrogen (secondary N) is 1. The molecule has 1 heterocycles. The Bertz CT molecular complexity index is 186. The molecule has 0 amide bonds. The van der Waals surface area contributed by atoms with Crippen molar-refractivity contribution in [2.75, 3.05) is 34.3 Å². The van der Waals surface area contributed by atoms with Crippen LogP contribution in [0.25, 0.3) is 0 Å². The van der Waals surface area contributed by atoms with Crippen LogP contribution >= 0.6 is 0 Å². The van der Waals surface area contributed by atoms with Gasteiger partial charge in [0.15, 0.2) is 0 Å². The molecule has 0 aromatic rings. The van der Waals surface area contributed by atoms with Gasteiger partial charge in [-0.15, -0.1) is 0 Å². The van der Waals surface area contributed by atoms with Crippen LogP contribution in [0.4, 0.5) is 0 Å². The lowest BCUT2D eigenvalue weighted by molar-refractivity contribution is -0.154. The maximum Gasteiger partial charge on any atom is 0.327 e. The molecular formula is C9H18N2O2. The molecule has 0 radical (unpaired) electrons. The summed E-state index contributed by atoms with van der Waals surface area (Å²) in [6.45, 7) is 1.68. The van der Waals surface area contributed by atoms with Gasteiger partial charge in [0.2, 0.25) is 0 Å². The predicted octanol–water partition coefficient (Wildman–Crippen LogP) is -0.157. The van der Waals surface area contributed by atoms with E-state index in [9.17, 15) is 4.79 Å². The summed E-state index contributed by atoms with van der Waals surface area (Å²) in [5.74, 6) is -0.135. The van der Waals surface area contributed by atoms with Crippen molar-refractivity contribution < 1.29 is 9.53 Å². The third-order valence-corrected chi connectivity index (χ3v) is 2.78. The van der Waals surface area contributed by atoms with Gasteiger partial charge in [-0.2, -0.15) is 0 Å². The number of ether oxygens (including phenoxy) is 1. The molecule has 1 unspecified atom stereocenters. The summed E-state index contributed by atoms with van der Waals surface area (Å²) in [5.41, 5.74) is -0.451. The van der Waals surface area contributed by atoms with E-state index in [0.717, 1.165) is 19.4 Å². The average molecular weight is 186 g/mol. The number of rotatable bonds is 2. The van der Waals surface area contributed by atoms with Crippen LogP contribution in [0.5, 0.6) is 0 Å². The molecule has 0 saturated carbocycles. The minimum Gasteiger partial charge on any atom is -0.468 e. The normalized spacial score (nSPS) is 28.9. The highest BCUT2D eigenvalue weighted by Gasteiger charge is 2.42. The average Bonchev–Trinajstić information content (AvgIpc) is 2.17. The van der Waals surface area contributed by atoms with Gasteiger partial charge in [0, 0.05) is 6.54 Å². The summed E-state index contributed by atoms with van der Waals surface area (Å²) in [4.78, 5) is 13.6. The minimum absolute atomic E-state index is 0.135. The van der Waals surface area contributed by atoms with Crippen molar-refractivity contribution in [2.24, 2.45) is 0 Å². The monoisotopic (exact) mass is 186 g/mol. The van der Waals surface area contributed by atoms with Gasteiger partial charge in [-0.05, 0) is 33.5 Å². The molecule has 1 fully saturated rings. The van der Waals surface area contributed by atoms with Gasteiger partial charge in [-0.1, -0.05) is 0 Å². The van der Waals surface area contributed by atoms with Crippen LogP contribution in [0.2, 0.25) is 0 Å². The second-order valence-corrected chi connectivity index (χ2v) is 3.70. The van der Waals surface area contributed by atoms with Gasteiger partial charge in [0.1, 0.15) is 5.54 Å². The van der Waals surface area contributed by atoms with Crippen LogP contribution in [0.15, 0.2) is 0 Å². The summed E-state index contributed by atoms with van der Waals surface area (Å²) in [6, 6.07) is 0. The van der Waals surface area contributed by atoms with Crippen molar-refractivity contribution in [1.82, 2.24) is 10.2 Å². The van der Waals surface area contributed by atoms with Gasteiger partial charge in [0.05, 0.1) is 7.11 Å². The Balaban J connectivity index is 2.79. The van der Waals surface area contributed by atoms with E-state index in [1.165, 1.54) is 7.11 Å². The molecule has 0 aromatic heterocycles. The molecule has 4 nitrogen and oxygen atoms in total. The van der Waals surface area contributed by atoms with Crippen LogP contribution in [0, 0.1) is 0 Å². The highest BCUT2D eigenvalue weighted by molar-refractivity contribution is 5.81. The topological polar surface area (TPSA) is 41.6 Å². The van der Waals surface area contributed by atoms with Crippen molar-refractivity contribution in [2.45, 2.75) is 18.4 Å². The highest BCUT2D eigenvalue weighted by Crippen LogP contribution is 2.22. The maximum absolute atomic E-state index is 11.6. The van der Waals surface area contributed by atoms with Crippen molar-refractivity contribution in [1.29, 1.82) is 0 Å². The Kier molecular flexibility index (Phi) is 3.27. The second kappa shape index (κ2) is 4.07. The van der Waals surface area contributed by atoms with E-state index in [4.69, 9.17) is 4.74 Å². The molecule has 1 aliphatic rings. The number of nitrogens with zero attached hydrogens (tertiary/aromatic N) is 1. The van der Waals surface area contributed by atoms with Crippen LogP contribution in [-0.2, 0) is 9.53 Å². The van der Waals surface area contributed by atoms with Crippen LogP contribution in [-0.4, -0.2) is 50.7 Å². The lowest BCUT2D eigenvalue weighted by atomic mass is 9.89. The number of likely N-dealkylation sites (N-methyl/N-ethyl adjacent to an activating group) is 1. The molecule has 1 rings (SSSR count). The van der Waals surface area contributed by atoms with Gasteiger partial charge < -0.3 is 10.1 Å². The molecule has 0 aromatic carbocycles. The number of hydrogen-bond acceptors (Lipinski definition) is 4. The molecule has 13 heavy (non-hydrogen) atoms. The quantitative estimate of drug-likeness (QED) is 0.609. The predicted molar refractivity (Wildman–Crippen MR) is 50.5 cm³/mol. The Morgan fingerprint density at radius 3 is 2.62 bits per heavy atom. The molecule has 4 heteroatoms. The summed E-state index contributed by atoms with van der Waals surface area (Å²) >= 11 is 0. The lowest BCUT2D eigenvalue weighted by Gasteiger charge is -2.40. The molecule has 0 bridgehead atoms. The SMILES string of the molecule is COC(=O)C1(N(C)C)CCCNC1. The summed E-state index contributed by atoms with van der Waals surface area (Å²) in [6.07, 6.45) is 1.90. The molecule has 0 spiro atoms. The first-order valence-electron chi connectivity index (χ1n) is 4.60. The third-order valence-electron chi connectivity index (χ3n) is 2.78. The zero-order valence-corrected chi connectivity index (χ0v) is 8.59. The Morgan fingerprint density at radius 1 is 1.54 bits per heavy atom. The zero-order chi connectivity index (χ0) is 9.90. The fourth-order valence-electron chi connectivity index (χ4n) is 1.82. The number of piperidine rings is 1. The fraction of sp³-hybridized carbons (Fsp3) is 0.889. The van der Waals surface area contributed by atoms with Crippen LogP contribution < -0.4 is 5.32 Å². The lowest BCUT2D eigenvalue weighted by Crippen LogP contribution is -2.60. The van der Waals surface area contributed by atoms with Crippen LogP contribution in [0.1, 0.15) is 12.8 Å². The van der Waals surface area contributed by atoms with E-state index in [0.29, 0.717) is 6.54 Å². The van der Waals surface area contributed by atoms with E-state index >= 15 is 0 Å². The number of carbonyl (C=O) groups is 1. The number of hydrogen-bond donors (Lipinski definition) is 1. The maximum atomic E-state index is 11.6. The smallest absolute Gasteiger partial charge is 0.327 e. The molecule has 1 atom stereocenters. The van der Waals surface area contributed by atoms with E-state index in [1.807, 2.05) is 19.0 Å². The minimum atomic E-state index is -0.451. The summed E-state index contributed by atoms with van der Waals surface area (Å²) in [5, 5.41) is 3.23. The largest absolute Gasteiger partial charge is 0.468 e. The zero-order valence-electron chi connectivity index (χ0n) is 8.59. The first-order valence-corrected chi connectivity index (χ1v) is 4.60. The van der Waals surface area contributed by atoms with Gasteiger partial charge in [-0.3, -0.25) is 4.90 Å². The molecule has 1 aliphatic heterocycles. The second-order valence-electron chi connectivity index (χ2n) is 3.70. The number of carbonyl (C=O) groups excluding carboxylic acids is 1. The number of methoxy groups -OCH3 is 1. The third kappa shape index (κ3) is 1.84. The van der Waals surface area contributed by atoms with Gasteiger partial charge in [-0.25, -0.2) is 4.79 Å². The Hall–Kier alpha value is -0.610. The Labute approximate surface area is 79.2 Å². The van der Waals surface area contributed by atoms with E-state index < -0.39 is 5.54 Å².